The smallest absolute Gasteiger partial charge is 0.216 e. The minimum Gasteiger partial charge on any atom is -0.370 e. The first-order chi connectivity index (χ1) is 13.2. The second-order valence-electron chi connectivity index (χ2n) is 8.41. The molecule has 0 bridgehead atoms. The van der Waals surface area contributed by atoms with Crippen LogP contribution in [0.25, 0.3) is 0 Å². The van der Waals surface area contributed by atoms with Gasteiger partial charge in [0, 0.05) is 49.2 Å². The number of nitrogens with zero attached hydrogens (tertiary/aromatic N) is 2. The van der Waals surface area contributed by atoms with E-state index < -0.39 is 39.1 Å². The molecule has 3 aliphatic rings. The third-order valence-corrected chi connectivity index (χ3v) is 8.54. The number of fused-ring (bicyclic) bond motifs is 1. The molecule has 4 rings (SSSR count). The number of rotatable bonds is 4. The Morgan fingerprint density at radius 1 is 1.21 bits per heavy atom. The Morgan fingerprint density at radius 3 is 2.64 bits per heavy atom. The van der Waals surface area contributed by atoms with Crippen molar-refractivity contribution in [3.8, 4) is 0 Å². The molecule has 0 spiro atoms. The molecule has 9 heteroatoms. The van der Waals surface area contributed by atoms with Gasteiger partial charge >= 0.3 is 0 Å². The van der Waals surface area contributed by atoms with E-state index in [1.165, 1.54) is 0 Å². The summed E-state index contributed by atoms with van der Waals surface area (Å²) < 4.78 is 59.9. The summed E-state index contributed by atoms with van der Waals surface area (Å²) in [6, 6.07) is 3.10. The van der Waals surface area contributed by atoms with Crippen molar-refractivity contribution in [2.24, 2.45) is 11.7 Å². The van der Waals surface area contributed by atoms with E-state index in [1.54, 1.807) is 18.2 Å². The Bertz CT molecular complexity index is 851. The van der Waals surface area contributed by atoms with Crippen LogP contribution >= 0.6 is 0 Å². The Kier molecular flexibility index (Phi) is 5.24. The fourth-order valence-electron chi connectivity index (χ4n) is 4.69. The molecule has 0 radical (unpaired) electrons. The molecule has 6 nitrogen and oxygen atoms in total. The summed E-state index contributed by atoms with van der Waals surface area (Å²) in [5.74, 6) is -0.699. The van der Waals surface area contributed by atoms with Crippen LogP contribution in [-0.4, -0.2) is 67.2 Å². The summed E-state index contributed by atoms with van der Waals surface area (Å²) in [7, 11) is -3.25. The first-order valence-electron chi connectivity index (χ1n) is 9.75. The Hall–Kier alpha value is -1.13. The summed E-state index contributed by atoms with van der Waals surface area (Å²) >= 11 is 0. The molecule has 0 aliphatic carbocycles. The van der Waals surface area contributed by atoms with Gasteiger partial charge in [0.1, 0.15) is 17.7 Å². The molecule has 3 aliphatic heterocycles. The highest BCUT2D eigenvalue weighted by Crippen LogP contribution is 2.39. The van der Waals surface area contributed by atoms with Crippen molar-refractivity contribution in [3.63, 3.8) is 0 Å². The topological polar surface area (TPSA) is 75.9 Å². The zero-order chi connectivity index (χ0) is 20.2. The highest BCUT2D eigenvalue weighted by molar-refractivity contribution is 7.89. The van der Waals surface area contributed by atoms with Crippen LogP contribution in [0.4, 0.5) is 8.78 Å². The molecule has 2 N–H and O–H groups in total. The minimum absolute atomic E-state index is 0.0609. The highest BCUT2D eigenvalue weighted by atomic mass is 32.2. The number of ether oxygens (including phenoxy) is 1. The number of hydrogen-bond acceptors (Lipinski definition) is 5. The van der Waals surface area contributed by atoms with Crippen LogP contribution in [-0.2, 0) is 14.8 Å². The van der Waals surface area contributed by atoms with Gasteiger partial charge in [0.15, 0.2) is 0 Å². The molecular formula is C19H27F2N3O3S. The van der Waals surface area contributed by atoms with Gasteiger partial charge < -0.3 is 10.5 Å². The number of likely N-dealkylation sites (tertiary alicyclic amines) is 1. The predicted octanol–water partition coefficient (Wildman–Crippen LogP) is 1.48. The van der Waals surface area contributed by atoms with Crippen molar-refractivity contribution in [3.05, 3.63) is 35.4 Å². The van der Waals surface area contributed by atoms with Gasteiger partial charge in [-0.25, -0.2) is 17.2 Å². The molecule has 0 aromatic heterocycles. The van der Waals surface area contributed by atoms with Gasteiger partial charge in [0.2, 0.25) is 10.0 Å². The van der Waals surface area contributed by atoms with E-state index in [1.807, 2.05) is 0 Å². The second kappa shape index (κ2) is 7.28. The molecule has 2 unspecified atom stereocenters. The highest BCUT2D eigenvalue weighted by Gasteiger charge is 2.52. The summed E-state index contributed by atoms with van der Waals surface area (Å²) in [5.41, 5.74) is 6.42. The molecule has 3 fully saturated rings. The van der Waals surface area contributed by atoms with Crippen LogP contribution in [0.15, 0.2) is 18.2 Å². The fraction of sp³-hybridized carbons (Fsp3) is 0.684. The van der Waals surface area contributed by atoms with Gasteiger partial charge in [-0.2, -0.15) is 4.31 Å². The average molecular weight is 416 g/mol. The van der Waals surface area contributed by atoms with Crippen molar-refractivity contribution in [1.29, 1.82) is 0 Å². The van der Waals surface area contributed by atoms with Crippen LogP contribution < -0.4 is 5.73 Å². The van der Waals surface area contributed by atoms with Crippen molar-refractivity contribution in [2.75, 3.05) is 26.2 Å². The van der Waals surface area contributed by atoms with Crippen molar-refractivity contribution >= 4 is 10.0 Å². The Morgan fingerprint density at radius 2 is 1.96 bits per heavy atom. The lowest BCUT2D eigenvalue weighted by Crippen LogP contribution is -2.63. The number of nitrogens with two attached hydrogens (primary N) is 1. The molecule has 3 heterocycles. The molecular weight excluding hydrogens is 388 g/mol. The number of sulfonamides is 1. The first-order valence-corrected chi connectivity index (χ1v) is 11.3. The molecule has 3 saturated heterocycles. The van der Waals surface area contributed by atoms with Crippen molar-refractivity contribution in [2.45, 2.75) is 49.7 Å². The van der Waals surface area contributed by atoms with E-state index in [4.69, 9.17) is 10.5 Å². The van der Waals surface area contributed by atoms with Crippen LogP contribution in [0.3, 0.4) is 0 Å². The average Bonchev–Trinajstić information content (AvgIpc) is 2.95. The standard InChI is InChI=1S/C19H27F2N3O3S/c1-11(2)28(25,26)23-7-12-8-24(18(12)9-23)14-6-17(22)19(27-10-14)15-5-13(20)3-4-16(15)21/h3-5,11-12,14,17-19H,6-10,22H2,1-2H3/t12?,14-,17+,18?,19-/m1/s1. The van der Waals surface area contributed by atoms with Crippen molar-refractivity contribution in [1.82, 2.24) is 9.21 Å². The normalized spacial score (nSPS) is 34.4. The van der Waals surface area contributed by atoms with Gasteiger partial charge in [0.25, 0.3) is 0 Å². The Balaban J connectivity index is 1.40. The second-order valence-corrected chi connectivity index (χ2v) is 10.9. The molecule has 28 heavy (non-hydrogen) atoms. The predicted molar refractivity (Wildman–Crippen MR) is 101 cm³/mol. The summed E-state index contributed by atoms with van der Waals surface area (Å²) in [5, 5.41) is -0.424. The largest absolute Gasteiger partial charge is 0.370 e. The lowest BCUT2D eigenvalue weighted by atomic mass is 9.86. The van der Waals surface area contributed by atoms with Gasteiger partial charge in [-0.3, -0.25) is 4.90 Å². The van der Waals surface area contributed by atoms with E-state index in [2.05, 4.69) is 4.90 Å². The number of halogens is 2. The lowest BCUT2D eigenvalue weighted by Gasteiger charge is -2.51. The quantitative estimate of drug-likeness (QED) is 0.806. The monoisotopic (exact) mass is 415 g/mol. The zero-order valence-corrected chi connectivity index (χ0v) is 16.9. The maximum Gasteiger partial charge on any atom is 0.216 e. The van der Waals surface area contributed by atoms with Gasteiger partial charge in [-0.1, -0.05) is 0 Å². The van der Waals surface area contributed by atoms with E-state index in [0.29, 0.717) is 32.0 Å². The maximum absolute atomic E-state index is 14.1. The molecule has 1 aromatic rings. The summed E-state index contributed by atoms with van der Waals surface area (Å²) in [6.45, 7) is 5.65. The first kappa shape index (κ1) is 20.2. The van der Waals surface area contributed by atoms with Crippen LogP contribution in [0.1, 0.15) is 31.9 Å². The minimum atomic E-state index is -3.25. The van der Waals surface area contributed by atoms with Gasteiger partial charge in [0.05, 0.1) is 11.9 Å². The van der Waals surface area contributed by atoms with Gasteiger partial charge in [-0.05, 0) is 38.5 Å². The van der Waals surface area contributed by atoms with Gasteiger partial charge in [-0.15, -0.1) is 0 Å². The molecule has 5 atom stereocenters. The third-order valence-electron chi connectivity index (χ3n) is 6.33. The Labute approximate surface area is 164 Å². The van der Waals surface area contributed by atoms with E-state index in [-0.39, 0.29) is 17.6 Å². The molecule has 0 saturated carbocycles. The SMILES string of the molecule is CC(C)S(=O)(=O)N1CC2CN([C@H]3CO[C@H](c4cc(F)ccc4F)[C@@H](N)C3)C2C1. The number of hydrogen-bond donors (Lipinski definition) is 1. The molecule has 156 valence electrons. The summed E-state index contributed by atoms with van der Waals surface area (Å²) in [6.07, 6.45) is -0.0776. The number of benzene rings is 1. The zero-order valence-electron chi connectivity index (χ0n) is 16.1. The van der Waals surface area contributed by atoms with Crippen LogP contribution in [0.5, 0.6) is 0 Å². The molecule has 0 amide bonds. The molecule has 1 aromatic carbocycles. The fourth-order valence-corrected chi connectivity index (χ4v) is 6.05. The van der Waals surface area contributed by atoms with Crippen LogP contribution in [0.2, 0.25) is 0 Å². The third kappa shape index (κ3) is 3.37. The lowest BCUT2D eigenvalue weighted by molar-refractivity contribution is -0.0936. The van der Waals surface area contributed by atoms with E-state index in [9.17, 15) is 17.2 Å². The van der Waals surface area contributed by atoms with Crippen molar-refractivity contribution < 1.29 is 21.9 Å². The van der Waals surface area contributed by atoms with Crippen LogP contribution in [0, 0.1) is 17.6 Å². The van der Waals surface area contributed by atoms with E-state index >= 15 is 0 Å². The summed E-state index contributed by atoms with van der Waals surface area (Å²) in [4.78, 5) is 2.26. The van der Waals surface area contributed by atoms with E-state index in [0.717, 1.165) is 24.7 Å². The maximum atomic E-state index is 14.1.